The molecule has 0 aliphatic carbocycles. The number of amides is 1. The third kappa shape index (κ3) is 3.66. The number of anilines is 2. The first-order valence-electron chi connectivity index (χ1n) is 5.99. The van der Waals surface area contributed by atoms with Crippen molar-refractivity contribution in [3.8, 4) is 0 Å². The average molecular weight is 236 g/mol. The topological polar surface area (TPSA) is 55.6 Å². The smallest absolute Gasteiger partial charge is 0.414 e. The van der Waals surface area contributed by atoms with E-state index in [2.05, 4.69) is 0 Å². The van der Waals surface area contributed by atoms with Crippen molar-refractivity contribution in [1.82, 2.24) is 0 Å². The number of rotatable bonds is 5. The van der Waals surface area contributed by atoms with E-state index in [4.69, 9.17) is 10.5 Å². The predicted octanol–water partition coefficient (Wildman–Crippen LogP) is 3.03. The molecule has 94 valence electrons. The molecule has 0 aliphatic heterocycles. The SMILES string of the molecule is CCCOC(=O)N(CCC)c1ccccc1N. The van der Waals surface area contributed by atoms with Crippen LogP contribution in [0.25, 0.3) is 0 Å². The summed E-state index contributed by atoms with van der Waals surface area (Å²) in [4.78, 5) is 13.5. The zero-order valence-electron chi connectivity index (χ0n) is 10.5. The summed E-state index contributed by atoms with van der Waals surface area (Å²) in [5, 5.41) is 0. The van der Waals surface area contributed by atoms with Gasteiger partial charge in [-0.25, -0.2) is 4.79 Å². The minimum Gasteiger partial charge on any atom is -0.449 e. The first-order valence-corrected chi connectivity index (χ1v) is 5.99. The number of para-hydroxylation sites is 2. The first-order chi connectivity index (χ1) is 8.20. The molecular formula is C13H20N2O2. The standard InChI is InChI=1S/C13H20N2O2/c1-3-9-15(13(16)17-10-4-2)12-8-6-5-7-11(12)14/h5-8H,3-4,9-10,14H2,1-2H3. The summed E-state index contributed by atoms with van der Waals surface area (Å²) in [7, 11) is 0. The van der Waals surface area contributed by atoms with E-state index >= 15 is 0 Å². The fraction of sp³-hybridized carbons (Fsp3) is 0.462. The highest BCUT2D eigenvalue weighted by molar-refractivity contribution is 5.91. The summed E-state index contributed by atoms with van der Waals surface area (Å²) in [6.45, 7) is 5.02. The quantitative estimate of drug-likeness (QED) is 0.799. The highest BCUT2D eigenvalue weighted by Crippen LogP contribution is 2.23. The van der Waals surface area contributed by atoms with Crippen molar-refractivity contribution < 1.29 is 9.53 Å². The van der Waals surface area contributed by atoms with E-state index in [1.807, 2.05) is 32.0 Å². The highest BCUT2D eigenvalue weighted by atomic mass is 16.6. The van der Waals surface area contributed by atoms with Gasteiger partial charge in [0.15, 0.2) is 0 Å². The predicted molar refractivity (Wildman–Crippen MR) is 70.1 cm³/mol. The number of nitrogens with zero attached hydrogens (tertiary/aromatic N) is 1. The lowest BCUT2D eigenvalue weighted by Gasteiger charge is -2.22. The molecule has 0 aromatic heterocycles. The lowest BCUT2D eigenvalue weighted by atomic mass is 10.2. The van der Waals surface area contributed by atoms with E-state index in [0.717, 1.165) is 18.5 Å². The van der Waals surface area contributed by atoms with Crippen molar-refractivity contribution in [2.24, 2.45) is 0 Å². The minimum absolute atomic E-state index is 0.327. The number of carbonyl (C=O) groups is 1. The van der Waals surface area contributed by atoms with Gasteiger partial charge in [0.25, 0.3) is 0 Å². The van der Waals surface area contributed by atoms with Gasteiger partial charge in [-0.1, -0.05) is 26.0 Å². The van der Waals surface area contributed by atoms with Crippen molar-refractivity contribution in [1.29, 1.82) is 0 Å². The Labute approximate surface area is 102 Å². The summed E-state index contributed by atoms with van der Waals surface area (Å²) in [6.07, 6.45) is 1.34. The largest absolute Gasteiger partial charge is 0.449 e. The summed E-state index contributed by atoms with van der Waals surface area (Å²) in [5.74, 6) is 0. The molecule has 0 radical (unpaired) electrons. The van der Waals surface area contributed by atoms with Crippen molar-refractivity contribution in [2.75, 3.05) is 23.8 Å². The lowest BCUT2D eigenvalue weighted by Crippen LogP contribution is -2.33. The second-order valence-electron chi connectivity index (χ2n) is 3.82. The van der Waals surface area contributed by atoms with Gasteiger partial charge in [0.1, 0.15) is 0 Å². The molecule has 1 amide bonds. The Morgan fingerprint density at radius 3 is 2.59 bits per heavy atom. The lowest BCUT2D eigenvalue weighted by molar-refractivity contribution is 0.153. The molecule has 0 atom stereocenters. The van der Waals surface area contributed by atoms with Crippen LogP contribution in [0.15, 0.2) is 24.3 Å². The van der Waals surface area contributed by atoms with Crippen LogP contribution >= 0.6 is 0 Å². The van der Waals surface area contributed by atoms with Crippen LogP contribution in [0.2, 0.25) is 0 Å². The second kappa shape index (κ2) is 6.78. The molecular weight excluding hydrogens is 216 g/mol. The Morgan fingerprint density at radius 1 is 1.29 bits per heavy atom. The zero-order chi connectivity index (χ0) is 12.7. The number of carbonyl (C=O) groups excluding carboxylic acids is 1. The maximum absolute atomic E-state index is 11.9. The number of nitrogens with two attached hydrogens (primary N) is 1. The van der Waals surface area contributed by atoms with Gasteiger partial charge < -0.3 is 10.5 Å². The van der Waals surface area contributed by atoms with Gasteiger partial charge in [-0.3, -0.25) is 4.90 Å². The average Bonchev–Trinajstić information content (AvgIpc) is 2.34. The van der Waals surface area contributed by atoms with Crippen LogP contribution in [0, 0.1) is 0 Å². The number of ether oxygens (including phenoxy) is 1. The molecule has 4 nitrogen and oxygen atoms in total. The molecule has 0 heterocycles. The molecule has 1 rings (SSSR count). The summed E-state index contributed by atoms with van der Waals surface area (Å²) < 4.78 is 5.15. The van der Waals surface area contributed by atoms with E-state index < -0.39 is 0 Å². The normalized spacial score (nSPS) is 10.0. The Morgan fingerprint density at radius 2 is 2.00 bits per heavy atom. The number of nitrogen functional groups attached to an aromatic ring is 1. The monoisotopic (exact) mass is 236 g/mol. The number of benzene rings is 1. The molecule has 17 heavy (non-hydrogen) atoms. The molecule has 0 aliphatic rings. The van der Waals surface area contributed by atoms with E-state index in [1.165, 1.54) is 0 Å². The van der Waals surface area contributed by atoms with E-state index in [0.29, 0.717) is 18.8 Å². The Hall–Kier alpha value is -1.71. The van der Waals surface area contributed by atoms with E-state index in [1.54, 1.807) is 11.0 Å². The van der Waals surface area contributed by atoms with Crippen LogP contribution in [0.1, 0.15) is 26.7 Å². The summed E-state index contributed by atoms with van der Waals surface area (Å²) >= 11 is 0. The molecule has 4 heteroatoms. The van der Waals surface area contributed by atoms with E-state index in [9.17, 15) is 4.79 Å². The Balaban J connectivity index is 2.85. The van der Waals surface area contributed by atoms with Crippen molar-refractivity contribution in [3.05, 3.63) is 24.3 Å². The molecule has 0 spiro atoms. The van der Waals surface area contributed by atoms with Crippen LogP contribution < -0.4 is 10.6 Å². The van der Waals surface area contributed by atoms with Crippen molar-refractivity contribution in [3.63, 3.8) is 0 Å². The van der Waals surface area contributed by atoms with Gasteiger partial charge in [-0.05, 0) is 25.0 Å². The van der Waals surface area contributed by atoms with Gasteiger partial charge >= 0.3 is 6.09 Å². The molecule has 1 aromatic rings. The maximum atomic E-state index is 11.9. The Bertz CT molecular complexity index is 366. The third-order valence-corrected chi connectivity index (χ3v) is 2.32. The molecule has 1 aromatic carbocycles. The van der Waals surface area contributed by atoms with Gasteiger partial charge in [0, 0.05) is 6.54 Å². The molecule has 0 fully saturated rings. The molecule has 0 unspecified atom stereocenters. The highest BCUT2D eigenvalue weighted by Gasteiger charge is 2.17. The van der Waals surface area contributed by atoms with Crippen LogP contribution in [-0.2, 0) is 4.74 Å². The number of hydrogen-bond donors (Lipinski definition) is 1. The van der Waals surface area contributed by atoms with Gasteiger partial charge in [0.2, 0.25) is 0 Å². The summed E-state index contributed by atoms with van der Waals surface area (Å²) in [6, 6.07) is 7.32. The van der Waals surface area contributed by atoms with Crippen LogP contribution in [0.4, 0.5) is 16.2 Å². The van der Waals surface area contributed by atoms with Crippen LogP contribution in [-0.4, -0.2) is 19.2 Å². The van der Waals surface area contributed by atoms with E-state index in [-0.39, 0.29) is 6.09 Å². The molecule has 2 N–H and O–H groups in total. The van der Waals surface area contributed by atoms with Crippen LogP contribution in [0.3, 0.4) is 0 Å². The summed E-state index contributed by atoms with van der Waals surface area (Å²) in [5.41, 5.74) is 7.18. The van der Waals surface area contributed by atoms with Crippen molar-refractivity contribution in [2.45, 2.75) is 26.7 Å². The molecule has 0 saturated heterocycles. The zero-order valence-corrected chi connectivity index (χ0v) is 10.5. The van der Waals surface area contributed by atoms with Gasteiger partial charge in [-0.2, -0.15) is 0 Å². The number of hydrogen-bond acceptors (Lipinski definition) is 3. The first kappa shape index (κ1) is 13.4. The second-order valence-corrected chi connectivity index (χ2v) is 3.82. The Kier molecular flexibility index (Phi) is 5.33. The van der Waals surface area contributed by atoms with Gasteiger partial charge in [0.05, 0.1) is 18.0 Å². The van der Waals surface area contributed by atoms with Crippen molar-refractivity contribution >= 4 is 17.5 Å². The minimum atomic E-state index is -0.327. The molecule has 0 bridgehead atoms. The third-order valence-electron chi connectivity index (χ3n) is 2.32. The fourth-order valence-corrected chi connectivity index (χ4v) is 1.53. The van der Waals surface area contributed by atoms with Gasteiger partial charge in [-0.15, -0.1) is 0 Å². The molecule has 0 saturated carbocycles. The van der Waals surface area contributed by atoms with Crippen LogP contribution in [0.5, 0.6) is 0 Å². The maximum Gasteiger partial charge on any atom is 0.414 e. The fourth-order valence-electron chi connectivity index (χ4n) is 1.53.